The molecule has 0 amide bonds. The number of fused-ring (bicyclic) bond motifs is 1. The summed E-state index contributed by atoms with van der Waals surface area (Å²) in [5.41, 5.74) is 4.92. The van der Waals surface area contributed by atoms with E-state index in [1.54, 1.807) is 0 Å². The summed E-state index contributed by atoms with van der Waals surface area (Å²) in [5, 5.41) is 3.44. The van der Waals surface area contributed by atoms with Gasteiger partial charge in [0.1, 0.15) is 12.4 Å². The standard InChI is InChI=1S/C25H31NO4/c1-3-4-14-29-15-16-30-23-10-7-19(8-11-23)20-9-12-24-22(17-20)18-21(25(27)28-2)6-5-13-26-24/h7-12,17-18,26H,3-6,13-16H2,1-2H3. The molecular formula is C25H31NO4. The average Bonchev–Trinajstić information content (AvgIpc) is 2.76. The number of carbonyl (C=O) groups is 1. The molecule has 0 fully saturated rings. The highest BCUT2D eigenvalue weighted by molar-refractivity contribution is 5.95. The topological polar surface area (TPSA) is 56.8 Å². The van der Waals surface area contributed by atoms with Gasteiger partial charge in [-0.05, 0) is 66.3 Å². The summed E-state index contributed by atoms with van der Waals surface area (Å²) in [6.45, 7) is 4.92. The van der Waals surface area contributed by atoms with Gasteiger partial charge in [-0.3, -0.25) is 0 Å². The van der Waals surface area contributed by atoms with Crippen LogP contribution >= 0.6 is 0 Å². The molecule has 0 radical (unpaired) electrons. The van der Waals surface area contributed by atoms with Crippen LogP contribution < -0.4 is 10.1 Å². The van der Waals surface area contributed by atoms with Crippen molar-refractivity contribution < 1.29 is 19.0 Å². The van der Waals surface area contributed by atoms with Gasteiger partial charge < -0.3 is 19.5 Å². The second kappa shape index (κ2) is 11.4. The molecule has 0 aromatic heterocycles. The van der Waals surface area contributed by atoms with Crippen LogP contribution in [0.5, 0.6) is 5.75 Å². The van der Waals surface area contributed by atoms with Gasteiger partial charge in [-0.1, -0.05) is 31.5 Å². The van der Waals surface area contributed by atoms with Crippen molar-refractivity contribution in [2.75, 3.05) is 38.8 Å². The van der Waals surface area contributed by atoms with Gasteiger partial charge in [0, 0.05) is 24.4 Å². The molecule has 5 heteroatoms. The van der Waals surface area contributed by atoms with Crippen molar-refractivity contribution in [1.29, 1.82) is 0 Å². The largest absolute Gasteiger partial charge is 0.491 e. The number of esters is 1. The maximum atomic E-state index is 12.1. The van der Waals surface area contributed by atoms with E-state index in [0.29, 0.717) is 25.2 Å². The summed E-state index contributed by atoms with van der Waals surface area (Å²) >= 11 is 0. The summed E-state index contributed by atoms with van der Waals surface area (Å²) in [4.78, 5) is 12.1. The van der Waals surface area contributed by atoms with E-state index in [9.17, 15) is 4.79 Å². The molecule has 3 rings (SSSR count). The lowest BCUT2D eigenvalue weighted by atomic mass is 9.98. The number of rotatable bonds is 9. The zero-order valence-corrected chi connectivity index (χ0v) is 17.9. The van der Waals surface area contributed by atoms with Crippen molar-refractivity contribution in [2.24, 2.45) is 0 Å². The second-order valence-corrected chi connectivity index (χ2v) is 7.33. The van der Waals surface area contributed by atoms with Gasteiger partial charge in [0.15, 0.2) is 0 Å². The minimum Gasteiger partial charge on any atom is -0.491 e. The van der Waals surface area contributed by atoms with E-state index >= 15 is 0 Å². The minimum absolute atomic E-state index is 0.256. The third-order valence-electron chi connectivity index (χ3n) is 5.09. The Morgan fingerprint density at radius 2 is 1.83 bits per heavy atom. The fourth-order valence-corrected chi connectivity index (χ4v) is 3.39. The van der Waals surface area contributed by atoms with E-state index in [0.717, 1.165) is 60.5 Å². The highest BCUT2D eigenvalue weighted by Gasteiger charge is 2.14. The molecule has 160 valence electrons. The number of ether oxygens (including phenoxy) is 3. The highest BCUT2D eigenvalue weighted by Crippen LogP contribution is 2.30. The summed E-state index contributed by atoms with van der Waals surface area (Å²) in [5.74, 6) is 0.576. The van der Waals surface area contributed by atoms with Crippen LogP contribution in [0.3, 0.4) is 0 Å². The molecule has 1 heterocycles. The molecular weight excluding hydrogens is 378 g/mol. The molecule has 30 heavy (non-hydrogen) atoms. The first-order chi connectivity index (χ1) is 14.7. The molecule has 0 spiro atoms. The predicted octanol–water partition coefficient (Wildman–Crippen LogP) is 5.31. The van der Waals surface area contributed by atoms with Gasteiger partial charge in [-0.2, -0.15) is 0 Å². The number of methoxy groups -OCH3 is 1. The van der Waals surface area contributed by atoms with Crippen molar-refractivity contribution >= 4 is 17.7 Å². The fourth-order valence-electron chi connectivity index (χ4n) is 3.39. The molecule has 1 N–H and O–H groups in total. The number of unbranched alkanes of at least 4 members (excludes halogenated alkanes) is 1. The molecule has 1 aliphatic rings. The molecule has 0 saturated carbocycles. The Labute approximate surface area is 179 Å². The van der Waals surface area contributed by atoms with Crippen molar-refractivity contribution in [3.8, 4) is 16.9 Å². The summed E-state index contributed by atoms with van der Waals surface area (Å²) in [6, 6.07) is 14.3. The smallest absolute Gasteiger partial charge is 0.333 e. The summed E-state index contributed by atoms with van der Waals surface area (Å²) in [7, 11) is 1.43. The normalized spacial score (nSPS) is 13.3. The molecule has 0 bridgehead atoms. The monoisotopic (exact) mass is 409 g/mol. The fraction of sp³-hybridized carbons (Fsp3) is 0.400. The molecule has 5 nitrogen and oxygen atoms in total. The van der Waals surface area contributed by atoms with Crippen molar-refractivity contribution in [1.82, 2.24) is 0 Å². The van der Waals surface area contributed by atoms with Gasteiger partial charge in [-0.25, -0.2) is 4.79 Å². The molecule has 1 aliphatic heterocycles. The van der Waals surface area contributed by atoms with Crippen LogP contribution in [-0.2, 0) is 14.3 Å². The first-order valence-electron chi connectivity index (χ1n) is 10.7. The van der Waals surface area contributed by atoms with Crippen LogP contribution in [0.4, 0.5) is 5.69 Å². The third-order valence-corrected chi connectivity index (χ3v) is 5.09. The molecule has 0 saturated heterocycles. The molecule has 0 unspecified atom stereocenters. The second-order valence-electron chi connectivity index (χ2n) is 7.33. The van der Waals surface area contributed by atoms with E-state index < -0.39 is 0 Å². The maximum absolute atomic E-state index is 12.1. The molecule has 0 aliphatic carbocycles. The Hall–Kier alpha value is -2.79. The number of hydrogen-bond donors (Lipinski definition) is 1. The van der Waals surface area contributed by atoms with Gasteiger partial charge in [0.25, 0.3) is 0 Å². The zero-order valence-electron chi connectivity index (χ0n) is 17.9. The van der Waals surface area contributed by atoms with Crippen LogP contribution in [0.25, 0.3) is 17.2 Å². The number of anilines is 1. The average molecular weight is 410 g/mol. The first kappa shape index (κ1) is 21.9. The van der Waals surface area contributed by atoms with Gasteiger partial charge in [0.2, 0.25) is 0 Å². The van der Waals surface area contributed by atoms with Crippen molar-refractivity contribution in [2.45, 2.75) is 32.6 Å². The van der Waals surface area contributed by atoms with Crippen LogP contribution in [0.2, 0.25) is 0 Å². The number of benzene rings is 2. The Morgan fingerprint density at radius 3 is 2.60 bits per heavy atom. The quantitative estimate of drug-likeness (QED) is 0.449. The van der Waals surface area contributed by atoms with E-state index in [1.165, 1.54) is 7.11 Å². The van der Waals surface area contributed by atoms with Crippen LogP contribution in [-0.4, -0.2) is 39.4 Å². The number of nitrogens with one attached hydrogen (secondary N) is 1. The van der Waals surface area contributed by atoms with E-state index in [2.05, 4.69) is 42.6 Å². The van der Waals surface area contributed by atoms with Gasteiger partial charge in [-0.15, -0.1) is 0 Å². The SMILES string of the molecule is CCCCOCCOc1ccc(-c2ccc3c(c2)C=C(C(=O)OC)CCCN3)cc1. The Kier molecular flexibility index (Phi) is 8.33. The van der Waals surface area contributed by atoms with Crippen molar-refractivity contribution in [3.05, 3.63) is 53.6 Å². The Balaban J connectivity index is 1.69. The van der Waals surface area contributed by atoms with Crippen molar-refractivity contribution in [3.63, 3.8) is 0 Å². The number of hydrogen-bond acceptors (Lipinski definition) is 5. The number of carbonyl (C=O) groups excluding carboxylic acids is 1. The Morgan fingerprint density at radius 1 is 1.03 bits per heavy atom. The molecule has 0 atom stereocenters. The predicted molar refractivity (Wildman–Crippen MR) is 121 cm³/mol. The Bertz CT molecular complexity index is 858. The maximum Gasteiger partial charge on any atom is 0.333 e. The lowest BCUT2D eigenvalue weighted by Gasteiger charge is -2.16. The van der Waals surface area contributed by atoms with E-state index in [4.69, 9.17) is 14.2 Å². The zero-order chi connectivity index (χ0) is 21.2. The summed E-state index contributed by atoms with van der Waals surface area (Å²) < 4.78 is 16.2. The van der Waals surface area contributed by atoms with Crippen LogP contribution in [0.15, 0.2) is 48.0 Å². The lowest BCUT2D eigenvalue weighted by molar-refractivity contribution is -0.136. The van der Waals surface area contributed by atoms with E-state index in [1.807, 2.05) is 18.2 Å². The van der Waals surface area contributed by atoms with Crippen LogP contribution in [0, 0.1) is 0 Å². The van der Waals surface area contributed by atoms with E-state index in [-0.39, 0.29) is 5.97 Å². The van der Waals surface area contributed by atoms with Crippen LogP contribution in [0.1, 0.15) is 38.2 Å². The molecule has 2 aromatic rings. The molecule has 2 aromatic carbocycles. The lowest BCUT2D eigenvalue weighted by Crippen LogP contribution is -2.11. The third kappa shape index (κ3) is 6.10. The van der Waals surface area contributed by atoms with Gasteiger partial charge >= 0.3 is 5.97 Å². The first-order valence-corrected chi connectivity index (χ1v) is 10.7. The van der Waals surface area contributed by atoms with Gasteiger partial charge in [0.05, 0.1) is 13.7 Å². The highest BCUT2D eigenvalue weighted by atomic mass is 16.5. The summed E-state index contributed by atoms with van der Waals surface area (Å²) in [6.07, 6.45) is 5.76. The minimum atomic E-state index is -0.256.